The molecule has 0 aliphatic heterocycles. The summed E-state index contributed by atoms with van der Waals surface area (Å²) in [6.07, 6.45) is 7.25. The molecule has 0 bridgehead atoms. The predicted octanol–water partition coefficient (Wildman–Crippen LogP) is 1.17. The van der Waals surface area contributed by atoms with Crippen molar-refractivity contribution >= 4 is 0 Å². The maximum Gasteiger partial charge on any atom is 4.00 e. The minimum absolute atomic E-state index is 0. The van der Waals surface area contributed by atoms with E-state index in [0.29, 0.717) is 0 Å². The Morgan fingerprint density at radius 3 is 1.10 bits per heavy atom. The zero-order valence-corrected chi connectivity index (χ0v) is 21.9. The molecule has 0 amide bonds. The van der Waals surface area contributed by atoms with Crippen molar-refractivity contribution in [2.75, 3.05) is 0 Å². The van der Waals surface area contributed by atoms with Crippen LogP contribution in [0, 0.1) is 0 Å². The maximum atomic E-state index is 2.20. The van der Waals surface area contributed by atoms with Gasteiger partial charge in [0.05, 0.1) is 0 Å². The normalized spacial score (nSPS) is 9.29. The number of halogens is 2. The molecule has 4 rings (SSSR count). The molecule has 0 heterocycles. The summed E-state index contributed by atoms with van der Waals surface area (Å²) in [5, 5.41) is 0. The van der Waals surface area contributed by atoms with Crippen LogP contribution >= 0.6 is 0 Å². The van der Waals surface area contributed by atoms with Crippen LogP contribution in [0.25, 0.3) is 0 Å². The van der Waals surface area contributed by atoms with Crippen LogP contribution in [0.2, 0.25) is 0 Å². The maximum absolute atomic E-state index is 2.20. The van der Waals surface area contributed by atoms with E-state index in [1.165, 1.54) is 60.8 Å². The van der Waals surface area contributed by atoms with E-state index < -0.39 is 0 Å². The molecule has 0 radical (unpaired) electrons. The second-order valence-electron chi connectivity index (χ2n) is 7.26. The quantitative estimate of drug-likeness (QED) is 0.301. The zero-order valence-electron chi connectivity index (χ0n) is 17.9. The average Bonchev–Trinajstić information content (AvgIpc) is 3.45. The molecule has 0 atom stereocenters. The van der Waals surface area contributed by atoms with Gasteiger partial charge in [-0.1, -0.05) is 86.3 Å². The van der Waals surface area contributed by atoms with Crippen molar-refractivity contribution in [3.05, 3.63) is 131 Å². The molecule has 0 nitrogen and oxygen atoms in total. The third-order valence-electron chi connectivity index (χ3n) is 5.01. The molecule has 0 spiro atoms. The second kappa shape index (κ2) is 18.2. The Hall–Kier alpha value is -1.40. The molecule has 0 aliphatic rings. The zero-order chi connectivity index (χ0) is 19.3. The molecule has 4 aromatic rings. The predicted molar refractivity (Wildman–Crippen MR) is 121 cm³/mol. The van der Waals surface area contributed by atoms with Crippen LogP contribution in [0.1, 0.15) is 35.1 Å². The molecular weight excluding hydrogens is 498 g/mol. The minimum atomic E-state index is 0. The van der Waals surface area contributed by atoms with E-state index in [4.69, 9.17) is 0 Å². The van der Waals surface area contributed by atoms with Crippen molar-refractivity contribution in [3.8, 4) is 0 Å². The van der Waals surface area contributed by atoms with Gasteiger partial charge in [-0.15, -0.1) is 0 Å². The van der Waals surface area contributed by atoms with Crippen molar-refractivity contribution < 1.29 is 51.0 Å². The number of benzene rings is 2. The fraction of sp³-hybridized carbons (Fsp3) is 0.214. The van der Waals surface area contributed by atoms with Gasteiger partial charge in [-0.05, 0) is 24.0 Å². The van der Waals surface area contributed by atoms with Gasteiger partial charge in [-0.2, -0.15) is 35.4 Å². The number of aryl methyl sites for hydroxylation is 4. The van der Waals surface area contributed by atoms with E-state index in [-0.39, 0.29) is 51.0 Å². The summed E-state index contributed by atoms with van der Waals surface area (Å²) >= 11 is 0. The molecule has 0 saturated carbocycles. The van der Waals surface area contributed by atoms with Crippen LogP contribution in [0.5, 0.6) is 0 Å². The van der Waals surface area contributed by atoms with Gasteiger partial charge in [0.15, 0.2) is 0 Å². The van der Waals surface area contributed by atoms with Crippen molar-refractivity contribution in [2.45, 2.75) is 38.5 Å². The molecule has 160 valence electrons. The third-order valence-corrected chi connectivity index (χ3v) is 5.01. The largest absolute Gasteiger partial charge is 4.00 e. The molecule has 0 aromatic heterocycles. The van der Waals surface area contributed by atoms with Gasteiger partial charge in [0.2, 0.25) is 0 Å². The van der Waals surface area contributed by atoms with Gasteiger partial charge in [-0.25, -0.2) is 24.3 Å². The van der Waals surface area contributed by atoms with E-state index in [1.807, 2.05) is 0 Å². The Bertz CT molecular complexity index is 778. The van der Waals surface area contributed by atoms with Gasteiger partial charge in [0.1, 0.15) is 0 Å². The summed E-state index contributed by atoms with van der Waals surface area (Å²) in [5.74, 6) is 0. The van der Waals surface area contributed by atoms with Gasteiger partial charge < -0.3 is 24.8 Å². The molecule has 0 unspecified atom stereocenters. The van der Waals surface area contributed by atoms with Crippen molar-refractivity contribution in [3.63, 3.8) is 0 Å². The third kappa shape index (κ3) is 12.3. The van der Waals surface area contributed by atoms with Crippen molar-refractivity contribution in [2.24, 2.45) is 0 Å². The van der Waals surface area contributed by atoms with Gasteiger partial charge in [0, 0.05) is 0 Å². The molecule has 0 N–H and O–H groups in total. The van der Waals surface area contributed by atoms with Gasteiger partial charge in [-0.3, -0.25) is 0 Å². The number of hydrogen-bond donors (Lipinski definition) is 0. The summed E-state index contributed by atoms with van der Waals surface area (Å²) in [7, 11) is 0. The molecule has 0 fully saturated rings. The van der Waals surface area contributed by atoms with E-state index in [0.717, 1.165) is 0 Å². The first-order valence-electron chi connectivity index (χ1n) is 10.4. The average molecular weight is 529 g/mol. The summed E-state index contributed by atoms with van der Waals surface area (Å²) in [6, 6.07) is 38.6. The van der Waals surface area contributed by atoms with Crippen LogP contribution in [-0.2, 0) is 51.9 Å². The van der Waals surface area contributed by atoms with Gasteiger partial charge in [0.25, 0.3) is 0 Å². The Morgan fingerprint density at radius 2 is 0.774 bits per heavy atom. The molecule has 0 aliphatic carbocycles. The Balaban J connectivity index is 0.000000529. The van der Waals surface area contributed by atoms with Gasteiger partial charge >= 0.3 is 26.2 Å². The standard InChI is InChI=1S/2C14H15.2ClH.Zr/c2*1-2-7-13(8-3-1)11-6-12-14-9-4-5-10-14;;;/h2*1-5,7-10H,6,11-12H2;2*1H;/q2*-1;;;+4/p-2. The Kier molecular flexibility index (Phi) is 17.4. The summed E-state index contributed by atoms with van der Waals surface area (Å²) < 4.78 is 0. The number of rotatable bonds is 8. The molecule has 3 heteroatoms. The van der Waals surface area contributed by atoms with Crippen molar-refractivity contribution in [1.82, 2.24) is 0 Å². The van der Waals surface area contributed by atoms with E-state index in [9.17, 15) is 0 Å². The first-order valence-corrected chi connectivity index (χ1v) is 10.4. The van der Waals surface area contributed by atoms with E-state index in [1.54, 1.807) is 0 Å². The number of hydrogen-bond acceptors (Lipinski definition) is 0. The van der Waals surface area contributed by atoms with Crippen LogP contribution < -0.4 is 24.8 Å². The van der Waals surface area contributed by atoms with E-state index >= 15 is 0 Å². The monoisotopic (exact) mass is 526 g/mol. The first kappa shape index (κ1) is 29.6. The van der Waals surface area contributed by atoms with Crippen LogP contribution in [0.3, 0.4) is 0 Å². The summed E-state index contributed by atoms with van der Waals surface area (Å²) in [5.41, 5.74) is 5.81. The van der Waals surface area contributed by atoms with Crippen LogP contribution in [-0.4, -0.2) is 0 Å². The fourth-order valence-corrected chi connectivity index (χ4v) is 3.44. The summed E-state index contributed by atoms with van der Waals surface area (Å²) in [4.78, 5) is 0. The smallest absolute Gasteiger partial charge is 1.00 e. The van der Waals surface area contributed by atoms with E-state index in [2.05, 4.69) is 109 Å². The fourth-order valence-electron chi connectivity index (χ4n) is 3.44. The molecule has 0 saturated heterocycles. The second-order valence-corrected chi connectivity index (χ2v) is 7.26. The molecule has 31 heavy (non-hydrogen) atoms. The Labute approximate surface area is 219 Å². The first-order chi connectivity index (χ1) is 13.9. The molecular formula is C28H30Cl2Zr. The minimum Gasteiger partial charge on any atom is -1.00 e. The molecule has 4 aromatic carbocycles. The van der Waals surface area contributed by atoms with Crippen LogP contribution in [0.15, 0.2) is 109 Å². The summed E-state index contributed by atoms with van der Waals surface area (Å²) in [6.45, 7) is 0. The Morgan fingerprint density at radius 1 is 0.452 bits per heavy atom. The van der Waals surface area contributed by atoms with Crippen molar-refractivity contribution in [1.29, 1.82) is 0 Å². The SMILES string of the molecule is [Cl-].[Cl-].[Zr+4].c1ccc(CCC[c-]2cccc2)cc1.c1ccc(CCC[c-]2cccc2)cc1. The van der Waals surface area contributed by atoms with Crippen LogP contribution in [0.4, 0.5) is 0 Å². The topological polar surface area (TPSA) is 0 Å².